The first-order chi connectivity index (χ1) is 21.3. The number of likely N-dealkylation sites (N-methyl/N-ethyl adjacent to an activating group) is 1. The molecule has 3 aliphatic rings. The molecule has 0 radical (unpaired) electrons. The van der Waals surface area contributed by atoms with Gasteiger partial charge in [0.2, 0.25) is 0 Å². The molecule has 46 heavy (non-hydrogen) atoms. The van der Waals surface area contributed by atoms with Crippen LogP contribution in [0.3, 0.4) is 0 Å². The standard InChI is InChI=1S/C31H36F4N3O7P/c1-30(2,3)44-46(41,45-31(4,5)6)43-15-38-24-12-22(35)19(32)8-16(24)9-25(38)29(40)37(7)26-14-42-13-23-27(26)17-10-20(33)21(34)11-18(17)28(39)36-23/h8-12,16,24,26H,13-15H2,1-7H3,(H,36,39)/t16?,24?,26-/m1/s1. The summed E-state index contributed by atoms with van der Waals surface area (Å²) in [5.74, 6) is -6.08. The molecule has 1 aromatic heterocycles. The molecule has 2 aliphatic heterocycles. The molecule has 0 spiro atoms. The third-order valence-electron chi connectivity index (χ3n) is 7.47. The lowest BCUT2D eigenvalue weighted by Crippen LogP contribution is -2.43. The first-order valence-electron chi connectivity index (χ1n) is 14.6. The van der Waals surface area contributed by atoms with Crippen molar-refractivity contribution in [2.45, 2.75) is 71.4 Å². The summed E-state index contributed by atoms with van der Waals surface area (Å²) in [4.78, 5) is 32.1. The first-order valence-corrected chi connectivity index (χ1v) is 16.0. The van der Waals surface area contributed by atoms with Gasteiger partial charge in [-0.2, -0.15) is 0 Å². The highest BCUT2D eigenvalue weighted by atomic mass is 31.2. The number of carbonyl (C=O) groups is 1. The Hall–Kier alpha value is -3.29. The number of fused-ring (bicyclic) bond motifs is 4. The highest BCUT2D eigenvalue weighted by molar-refractivity contribution is 7.48. The Morgan fingerprint density at radius 1 is 1.00 bits per heavy atom. The summed E-state index contributed by atoms with van der Waals surface area (Å²) >= 11 is 0. The van der Waals surface area contributed by atoms with E-state index in [9.17, 15) is 31.7 Å². The highest BCUT2D eigenvalue weighted by Gasteiger charge is 2.44. The number of hydrogen-bond acceptors (Lipinski definition) is 8. The summed E-state index contributed by atoms with van der Waals surface area (Å²) < 4.78 is 93.9. The molecule has 10 nitrogen and oxygen atoms in total. The maximum atomic E-state index is 14.5. The monoisotopic (exact) mass is 669 g/mol. The van der Waals surface area contributed by atoms with Gasteiger partial charge >= 0.3 is 7.82 Å². The molecule has 2 unspecified atom stereocenters. The van der Waals surface area contributed by atoms with Crippen molar-refractivity contribution in [3.63, 3.8) is 0 Å². The van der Waals surface area contributed by atoms with Gasteiger partial charge in [-0.25, -0.2) is 22.1 Å². The summed E-state index contributed by atoms with van der Waals surface area (Å²) in [6.07, 6.45) is 3.45. The predicted molar refractivity (Wildman–Crippen MR) is 160 cm³/mol. The Balaban J connectivity index is 1.52. The van der Waals surface area contributed by atoms with E-state index in [1.54, 1.807) is 41.5 Å². The van der Waals surface area contributed by atoms with Crippen molar-refractivity contribution < 1.29 is 45.2 Å². The van der Waals surface area contributed by atoms with Crippen molar-refractivity contribution in [3.8, 4) is 0 Å². The number of ether oxygens (including phenoxy) is 1. The number of aromatic nitrogens is 1. The molecule has 0 saturated carbocycles. The number of nitrogens with zero attached hydrogens (tertiary/aromatic N) is 2. The first kappa shape index (κ1) is 34.1. The summed E-state index contributed by atoms with van der Waals surface area (Å²) in [5.41, 5.74) is -2.00. The Kier molecular flexibility index (Phi) is 8.93. The topological polar surface area (TPSA) is 110 Å². The number of amides is 1. The lowest BCUT2D eigenvalue weighted by molar-refractivity contribution is -0.132. The van der Waals surface area contributed by atoms with Crippen LogP contribution in [0.5, 0.6) is 0 Å². The SMILES string of the molecule is CN(C(=O)C1=CC2C=C(F)C(F)=CC2N1COP(=O)(OC(C)(C)C)OC(C)(C)C)[C@@H]1COCc2[nH]c(=O)c3cc(F)c(F)cc3c21. The second kappa shape index (κ2) is 12.1. The molecular weight excluding hydrogens is 633 g/mol. The number of carbonyl (C=O) groups excluding carboxylic acids is 1. The average Bonchev–Trinajstić information content (AvgIpc) is 3.27. The molecule has 5 rings (SSSR count). The van der Waals surface area contributed by atoms with Gasteiger partial charge in [0.25, 0.3) is 11.5 Å². The summed E-state index contributed by atoms with van der Waals surface area (Å²) in [6.45, 7) is 9.22. The maximum absolute atomic E-state index is 14.5. The number of hydrogen-bond donors (Lipinski definition) is 1. The molecule has 1 aliphatic carbocycles. The van der Waals surface area contributed by atoms with Crippen LogP contribution in [0.4, 0.5) is 17.6 Å². The maximum Gasteiger partial charge on any atom is 0.477 e. The molecule has 2 aromatic rings. The average molecular weight is 670 g/mol. The fourth-order valence-corrected chi connectivity index (χ4v) is 7.42. The van der Waals surface area contributed by atoms with E-state index in [-0.39, 0.29) is 35.4 Å². The molecule has 0 saturated heterocycles. The molecule has 1 aromatic carbocycles. The van der Waals surface area contributed by atoms with Crippen LogP contribution in [-0.4, -0.2) is 58.3 Å². The molecule has 0 bridgehead atoms. The van der Waals surface area contributed by atoms with E-state index in [1.807, 2.05) is 0 Å². The zero-order chi connectivity index (χ0) is 33.9. The van der Waals surface area contributed by atoms with Gasteiger partial charge in [0.05, 0.1) is 41.9 Å². The molecular formula is C31H36F4N3O7P. The number of nitrogens with one attached hydrogen (secondary N) is 1. The largest absolute Gasteiger partial charge is 0.477 e. The van der Waals surface area contributed by atoms with Gasteiger partial charge in [0, 0.05) is 24.2 Å². The Morgan fingerprint density at radius 3 is 2.20 bits per heavy atom. The lowest BCUT2D eigenvalue weighted by atomic mass is 9.95. The van der Waals surface area contributed by atoms with Gasteiger partial charge in [-0.3, -0.25) is 23.2 Å². The van der Waals surface area contributed by atoms with Crippen LogP contribution in [-0.2, 0) is 34.3 Å². The number of phosphoric acid groups is 1. The Labute approximate surface area is 263 Å². The Bertz CT molecular complexity index is 1760. The van der Waals surface area contributed by atoms with Crippen molar-refractivity contribution in [1.82, 2.24) is 14.8 Å². The predicted octanol–water partition coefficient (Wildman–Crippen LogP) is 6.45. The quantitative estimate of drug-likeness (QED) is 0.265. The molecule has 250 valence electrons. The van der Waals surface area contributed by atoms with Crippen LogP contribution in [0, 0.1) is 17.6 Å². The van der Waals surface area contributed by atoms with E-state index in [0.717, 1.165) is 24.3 Å². The van der Waals surface area contributed by atoms with Crippen LogP contribution in [0.25, 0.3) is 10.8 Å². The third-order valence-corrected chi connectivity index (χ3v) is 9.45. The van der Waals surface area contributed by atoms with E-state index < -0.39 is 78.5 Å². The van der Waals surface area contributed by atoms with Crippen molar-refractivity contribution in [1.29, 1.82) is 0 Å². The van der Waals surface area contributed by atoms with E-state index in [4.69, 9.17) is 18.3 Å². The van der Waals surface area contributed by atoms with Crippen LogP contribution >= 0.6 is 7.82 Å². The minimum atomic E-state index is -4.30. The van der Waals surface area contributed by atoms with E-state index in [1.165, 1.54) is 22.9 Å². The van der Waals surface area contributed by atoms with Gasteiger partial charge in [-0.1, -0.05) is 0 Å². The van der Waals surface area contributed by atoms with Crippen LogP contribution in [0.2, 0.25) is 0 Å². The highest BCUT2D eigenvalue weighted by Crippen LogP contribution is 2.56. The van der Waals surface area contributed by atoms with E-state index in [0.29, 0.717) is 5.56 Å². The van der Waals surface area contributed by atoms with Gasteiger partial charge in [0.1, 0.15) is 12.4 Å². The van der Waals surface area contributed by atoms with E-state index >= 15 is 0 Å². The number of H-pyrrole nitrogens is 1. The van der Waals surface area contributed by atoms with Crippen molar-refractivity contribution in [2.75, 3.05) is 20.4 Å². The number of rotatable bonds is 7. The van der Waals surface area contributed by atoms with Crippen molar-refractivity contribution in [2.24, 2.45) is 5.92 Å². The van der Waals surface area contributed by atoms with Crippen LogP contribution in [0.1, 0.15) is 58.8 Å². The number of benzene rings is 1. The summed E-state index contributed by atoms with van der Waals surface area (Å²) in [7, 11) is -2.86. The Morgan fingerprint density at radius 2 is 1.59 bits per heavy atom. The van der Waals surface area contributed by atoms with Gasteiger partial charge < -0.3 is 19.5 Å². The second-order valence-corrected chi connectivity index (χ2v) is 14.9. The van der Waals surface area contributed by atoms with E-state index in [2.05, 4.69) is 4.98 Å². The molecule has 1 amide bonds. The van der Waals surface area contributed by atoms with Crippen molar-refractivity contribution >= 4 is 24.5 Å². The summed E-state index contributed by atoms with van der Waals surface area (Å²) in [6, 6.07) is -0.137. The zero-order valence-corrected chi connectivity index (χ0v) is 27.3. The third kappa shape index (κ3) is 6.86. The zero-order valence-electron chi connectivity index (χ0n) is 26.5. The number of phosphoric ester groups is 1. The van der Waals surface area contributed by atoms with Crippen LogP contribution < -0.4 is 5.56 Å². The molecule has 1 N–H and O–H groups in total. The molecule has 3 atom stereocenters. The minimum absolute atomic E-state index is 0.0458. The fraction of sp³-hybridized carbons (Fsp3) is 0.484. The normalized spacial score (nSPS) is 21.8. The van der Waals surface area contributed by atoms with Crippen molar-refractivity contribution in [3.05, 3.63) is 81.0 Å². The fourth-order valence-electron chi connectivity index (χ4n) is 5.67. The lowest BCUT2D eigenvalue weighted by Gasteiger charge is -2.37. The molecule has 3 heterocycles. The number of aromatic amines is 1. The number of allylic oxidation sites excluding steroid dienone is 2. The molecule has 0 fully saturated rings. The van der Waals surface area contributed by atoms with Gasteiger partial charge in [-0.15, -0.1) is 0 Å². The smallest absolute Gasteiger partial charge is 0.373 e. The van der Waals surface area contributed by atoms with Gasteiger partial charge in [-0.05, 0) is 77.3 Å². The number of pyridine rings is 1. The molecule has 15 heteroatoms. The van der Waals surface area contributed by atoms with Gasteiger partial charge in [0.15, 0.2) is 23.3 Å². The van der Waals surface area contributed by atoms with Crippen LogP contribution in [0.15, 0.2) is 52.5 Å². The summed E-state index contributed by atoms with van der Waals surface area (Å²) in [5, 5.41) is -0.00401. The second-order valence-electron chi connectivity index (χ2n) is 13.3. The minimum Gasteiger partial charge on any atom is -0.373 e. The number of halogens is 4.